The van der Waals surface area contributed by atoms with Crippen LogP contribution in [0.5, 0.6) is 0 Å². The molecule has 0 aliphatic carbocycles. The van der Waals surface area contributed by atoms with Gasteiger partial charge in [0, 0.05) is 52.6 Å². The van der Waals surface area contributed by atoms with Crippen LogP contribution in [0.2, 0.25) is 0 Å². The van der Waals surface area contributed by atoms with E-state index in [9.17, 15) is 0 Å². The molecule has 0 unspecified atom stereocenters. The summed E-state index contributed by atoms with van der Waals surface area (Å²) in [6, 6.07) is 27.1. The van der Waals surface area contributed by atoms with E-state index in [-0.39, 0.29) is 21.7 Å². The molecule has 1 heterocycles. The lowest BCUT2D eigenvalue weighted by atomic mass is 9.85. The van der Waals surface area contributed by atoms with Gasteiger partial charge >= 0.3 is 0 Å². The summed E-state index contributed by atoms with van der Waals surface area (Å²) in [5.74, 6) is 0. The van der Waals surface area contributed by atoms with Crippen molar-refractivity contribution in [3.8, 4) is 0 Å². The fraction of sp³-hybridized carbons (Fsp3) is 0.415. The van der Waals surface area contributed by atoms with Crippen LogP contribution < -0.4 is 21.3 Å². The van der Waals surface area contributed by atoms with Crippen LogP contribution in [0.3, 0.4) is 0 Å². The number of aliphatic hydroxyl groups excluding tert-OH is 1. The zero-order valence-corrected chi connectivity index (χ0v) is 30.4. The van der Waals surface area contributed by atoms with Crippen LogP contribution in [-0.4, -0.2) is 12.2 Å². The first-order chi connectivity index (χ1) is 21.2. The van der Waals surface area contributed by atoms with Crippen LogP contribution in [0.25, 0.3) is 0 Å². The lowest BCUT2D eigenvalue weighted by Gasteiger charge is -2.26. The minimum absolute atomic E-state index is 0.0115. The van der Waals surface area contributed by atoms with E-state index in [2.05, 4.69) is 177 Å². The van der Waals surface area contributed by atoms with Crippen molar-refractivity contribution in [1.82, 2.24) is 0 Å². The fourth-order valence-electron chi connectivity index (χ4n) is 5.49. The first-order valence-corrected chi connectivity index (χ1v) is 16.4. The second-order valence-corrected chi connectivity index (χ2v) is 16.7. The molecule has 5 rings (SSSR count). The van der Waals surface area contributed by atoms with Crippen LogP contribution in [0.15, 0.2) is 72.8 Å². The van der Waals surface area contributed by atoms with E-state index in [4.69, 9.17) is 5.11 Å². The number of hydrogen-bond acceptors (Lipinski definition) is 5. The molecular weight excluding hydrogens is 564 g/mol. The molecule has 4 aromatic rings. The number of aliphatic hydroxyl groups is 1. The maximum atomic E-state index is 7.00. The molecule has 5 heteroatoms. The predicted octanol–water partition coefficient (Wildman–Crippen LogP) is 11.8. The zero-order valence-electron chi connectivity index (χ0n) is 30.4. The maximum Gasteiger partial charge on any atom is 0.0408 e. The average molecular weight is 621 g/mol. The molecule has 46 heavy (non-hydrogen) atoms. The van der Waals surface area contributed by atoms with E-state index in [0.29, 0.717) is 0 Å². The van der Waals surface area contributed by atoms with E-state index in [0.717, 1.165) is 52.6 Å². The summed E-state index contributed by atoms with van der Waals surface area (Å²) in [5.41, 5.74) is 13.5. The highest BCUT2D eigenvalue weighted by Crippen LogP contribution is 2.38. The maximum absolute atomic E-state index is 7.00. The van der Waals surface area contributed by atoms with Crippen molar-refractivity contribution >= 4 is 45.5 Å². The van der Waals surface area contributed by atoms with Crippen LogP contribution >= 0.6 is 0 Å². The third-order valence-electron chi connectivity index (χ3n) is 8.35. The standard InChI is InChI=1S/C40H52N4.CH4O/c1-37(2,3)25-13-29-21-30(14-25)42-32-16-27(39(7,8)9)18-34(23-32)44-36-20-28(40(10,11)12)19-35(24-36)43-33-17-26(38(4,5)6)15-31(22-33)41-29;1-2/h13-24,41-44H,1-12H3;2H,1H3. The van der Waals surface area contributed by atoms with Gasteiger partial charge in [-0.25, -0.2) is 0 Å². The number of rotatable bonds is 0. The van der Waals surface area contributed by atoms with Crippen molar-refractivity contribution in [3.63, 3.8) is 0 Å². The Morgan fingerprint density at radius 3 is 0.522 bits per heavy atom. The molecule has 5 nitrogen and oxygen atoms in total. The molecule has 0 fully saturated rings. The molecule has 246 valence electrons. The second kappa shape index (κ2) is 12.7. The molecule has 4 aromatic carbocycles. The van der Waals surface area contributed by atoms with E-state index >= 15 is 0 Å². The van der Waals surface area contributed by atoms with Gasteiger partial charge in [0.05, 0.1) is 0 Å². The SMILES string of the molecule is CC(C)(C)c1cc2cc(c1)Nc1cc(cc(C(C)(C)C)c1)Nc1cc(cc(C(C)(C)C)c1)Nc1cc(cc(C(C)(C)C)c1)N2.CO. The average Bonchev–Trinajstić information content (AvgIpc) is 2.91. The third-order valence-corrected chi connectivity index (χ3v) is 8.35. The van der Waals surface area contributed by atoms with Crippen LogP contribution in [0, 0.1) is 0 Å². The van der Waals surface area contributed by atoms with Gasteiger partial charge in [-0.05, 0) is 117 Å². The van der Waals surface area contributed by atoms with Crippen molar-refractivity contribution in [1.29, 1.82) is 0 Å². The van der Waals surface area contributed by atoms with E-state index in [1.807, 2.05) is 0 Å². The summed E-state index contributed by atoms with van der Waals surface area (Å²) >= 11 is 0. The summed E-state index contributed by atoms with van der Waals surface area (Å²) in [6.07, 6.45) is 0. The van der Waals surface area contributed by atoms with Crippen molar-refractivity contribution in [2.24, 2.45) is 0 Å². The molecule has 0 saturated carbocycles. The van der Waals surface area contributed by atoms with Crippen LogP contribution in [0.1, 0.15) is 105 Å². The fourth-order valence-corrected chi connectivity index (χ4v) is 5.49. The van der Waals surface area contributed by atoms with Gasteiger partial charge in [-0.1, -0.05) is 83.1 Å². The van der Waals surface area contributed by atoms with Gasteiger partial charge in [0.2, 0.25) is 0 Å². The monoisotopic (exact) mass is 620 g/mol. The second-order valence-electron chi connectivity index (χ2n) is 16.7. The first-order valence-electron chi connectivity index (χ1n) is 16.4. The molecule has 8 bridgehead atoms. The van der Waals surface area contributed by atoms with Crippen LogP contribution in [-0.2, 0) is 21.7 Å². The largest absolute Gasteiger partial charge is 0.400 e. The van der Waals surface area contributed by atoms with Gasteiger partial charge in [-0.3, -0.25) is 0 Å². The summed E-state index contributed by atoms with van der Waals surface area (Å²) in [7, 11) is 1.00. The molecule has 5 N–H and O–H groups in total. The Morgan fingerprint density at radius 1 is 0.283 bits per heavy atom. The minimum atomic E-state index is -0.0115. The lowest BCUT2D eigenvalue weighted by molar-refractivity contribution is 0.399. The molecule has 0 aromatic heterocycles. The number of anilines is 8. The Kier molecular flexibility index (Phi) is 9.62. The molecule has 0 atom stereocenters. The van der Waals surface area contributed by atoms with Gasteiger partial charge in [0.1, 0.15) is 0 Å². The zero-order chi connectivity index (χ0) is 34.2. The number of fused-ring (bicyclic) bond motifs is 8. The molecule has 0 spiro atoms. The van der Waals surface area contributed by atoms with Crippen molar-refractivity contribution < 1.29 is 5.11 Å². The number of hydrogen-bond donors (Lipinski definition) is 5. The molecular formula is C41H56N4O. The van der Waals surface area contributed by atoms with Gasteiger partial charge in [-0.15, -0.1) is 0 Å². The number of benzene rings is 4. The summed E-state index contributed by atoms with van der Waals surface area (Å²) in [4.78, 5) is 0. The van der Waals surface area contributed by atoms with Crippen molar-refractivity contribution in [3.05, 3.63) is 95.1 Å². The Hall–Kier alpha value is -3.96. The van der Waals surface area contributed by atoms with Gasteiger partial charge in [0.25, 0.3) is 0 Å². The number of nitrogens with one attached hydrogen (secondary N) is 4. The molecule has 1 aliphatic rings. The van der Waals surface area contributed by atoms with Crippen molar-refractivity contribution in [2.75, 3.05) is 28.4 Å². The van der Waals surface area contributed by atoms with E-state index in [1.54, 1.807) is 0 Å². The van der Waals surface area contributed by atoms with Gasteiger partial charge in [-0.2, -0.15) is 0 Å². The van der Waals surface area contributed by atoms with Gasteiger partial charge < -0.3 is 26.4 Å². The molecule has 0 amide bonds. The Balaban J connectivity index is 0.00000235. The molecule has 0 saturated heterocycles. The minimum Gasteiger partial charge on any atom is -0.400 e. The van der Waals surface area contributed by atoms with Gasteiger partial charge in [0.15, 0.2) is 0 Å². The van der Waals surface area contributed by atoms with E-state index < -0.39 is 0 Å². The predicted molar refractivity (Wildman–Crippen MR) is 202 cm³/mol. The highest BCUT2D eigenvalue weighted by atomic mass is 16.2. The van der Waals surface area contributed by atoms with Crippen molar-refractivity contribution in [2.45, 2.75) is 105 Å². The lowest BCUT2D eigenvalue weighted by Crippen LogP contribution is -2.14. The molecule has 0 radical (unpaired) electrons. The topological polar surface area (TPSA) is 68.3 Å². The Morgan fingerprint density at radius 2 is 0.413 bits per heavy atom. The summed E-state index contributed by atoms with van der Waals surface area (Å²) < 4.78 is 0. The molecule has 1 aliphatic heterocycles. The smallest absolute Gasteiger partial charge is 0.0408 e. The highest BCUT2D eigenvalue weighted by molar-refractivity contribution is 5.78. The quantitative estimate of drug-likeness (QED) is 0.119. The highest BCUT2D eigenvalue weighted by Gasteiger charge is 2.21. The Labute approximate surface area is 278 Å². The first kappa shape index (κ1) is 34.9. The Bertz CT molecular complexity index is 1360. The third kappa shape index (κ3) is 8.64. The normalized spacial score (nSPS) is 13.3. The summed E-state index contributed by atoms with van der Waals surface area (Å²) in [6.45, 7) is 27.2. The van der Waals surface area contributed by atoms with E-state index in [1.165, 1.54) is 22.3 Å². The summed E-state index contributed by atoms with van der Waals surface area (Å²) in [5, 5.41) is 22.1. The van der Waals surface area contributed by atoms with Crippen LogP contribution in [0.4, 0.5) is 45.5 Å².